The first-order valence-electron chi connectivity index (χ1n) is 8.64. The standard InChI is InChI=1S/C21H18ClN3O2/c1-12-21(22)13(2)25(24-12)17-6-4-5-16(11-17)19(26)10-15-7-8-20-18(9-15)23-14(3)27-20/h4-9,11H,10H2,1-3H3. The van der Waals surface area contributed by atoms with Crippen LogP contribution in [0, 0.1) is 20.8 Å². The Morgan fingerprint density at radius 1 is 1.15 bits per heavy atom. The monoisotopic (exact) mass is 379 g/mol. The van der Waals surface area contributed by atoms with Crippen molar-refractivity contribution < 1.29 is 9.21 Å². The molecule has 0 spiro atoms. The van der Waals surface area contributed by atoms with Crippen LogP contribution in [-0.4, -0.2) is 20.5 Å². The summed E-state index contributed by atoms with van der Waals surface area (Å²) in [5.41, 5.74) is 5.47. The second-order valence-corrected chi connectivity index (χ2v) is 6.96. The summed E-state index contributed by atoms with van der Waals surface area (Å²) in [7, 11) is 0. The summed E-state index contributed by atoms with van der Waals surface area (Å²) in [6.45, 7) is 5.58. The molecule has 6 heteroatoms. The fourth-order valence-corrected chi connectivity index (χ4v) is 3.29. The lowest BCUT2D eigenvalue weighted by atomic mass is 10.0. The number of rotatable bonds is 4. The quantitative estimate of drug-likeness (QED) is 0.467. The molecule has 5 nitrogen and oxygen atoms in total. The molecule has 4 aromatic rings. The van der Waals surface area contributed by atoms with Crippen LogP contribution < -0.4 is 0 Å². The molecule has 27 heavy (non-hydrogen) atoms. The summed E-state index contributed by atoms with van der Waals surface area (Å²) in [5.74, 6) is 0.647. The Bertz CT molecular complexity index is 1170. The molecule has 0 amide bonds. The number of aromatic nitrogens is 3. The second-order valence-electron chi connectivity index (χ2n) is 6.58. The Kier molecular flexibility index (Phi) is 4.32. The Morgan fingerprint density at radius 2 is 1.96 bits per heavy atom. The predicted molar refractivity (Wildman–Crippen MR) is 105 cm³/mol. The van der Waals surface area contributed by atoms with E-state index in [0.717, 1.165) is 33.7 Å². The minimum atomic E-state index is 0.0315. The summed E-state index contributed by atoms with van der Waals surface area (Å²) in [6, 6.07) is 13.1. The van der Waals surface area contributed by atoms with E-state index in [1.807, 2.05) is 63.2 Å². The molecular formula is C21H18ClN3O2. The van der Waals surface area contributed by atoms with Gasteiger partial charge >= 0.3 is 0 Å². The van der Waals surface area contributed by atoms with Gasteiger partial charge in [0.2, 0.25) is 0 Å². The first-order chi connectivity index (χ1) is 12.9. The molecular weight excluding hydrogens is 362 g/mol. The van der Waals surface area contributed by atoms with Crippen molar-refractivity contribution in [2.45, 2.75) is 27.2 Å². The number of oxazole rings is 1. The SMILES string of the molecule is Cc1nc2cc(CC(=O)c3cccc(-n4nc(C)c(Cl)c4C)c3)ccc2o1. The van der Waals surface area contributed by atoms with Gasteiger partial charge in [-0.05, 0) is 43.7 Å². The third-order valence-electron chi connectivity index (χ3n) is 4.54. The fourth-order valence-electron chi connectivity index (χ4n) is 3.17. The lowest BCUT2D eigenvalue weighted by Crippen LogP contribution is -2.06. The molecule has 2 heterocycles. The largest absolute Gasteiger partial charge is 0.441 e. The number of ketones is 1. The molecule has 4 rings (SSSR count). The number of Topliss-reactive ketones (excluding diaryl/α,β-unsaturated/α-hetero) is 1. The third kappa shape index (κ3) is 3.26. The van der Waals surface area contributed by atoms with Gasteiger partial charge in [-0.2, -0.15) is 5.10 Å². The van der Waals surface area contributed by atoms with Gasteiger partial charge in [0.1, 0.15) is 5.52 Å². The molecule has 0 radical (unpaired) electrons. The van der Waals surface area contributed by atoms with Crippen molar-refractivity contribution in [1.82, 2.24) is 14.8 Å². The van der Waals surface area contributed by atoms with Gasteiger partial charge in [0.25, 0.3) is 0 Å². The highest BCUT2D eigenvalue weighted by Crippen LogP contribution is 2.23. The van der Waals surface area contributed by atoms with Crippen molar-refractivity contribution in [3.8, 4) is 5.69 Å². The van der Waals surface area contributed by atoms with Gasteiger partial charge < -0.3 is 4.42 Å². The minimum absolute atomic E-state index is 0.0315. The summed E-state index contributed by atoms with van der Waals surface area (Å²) in [4.78, 5) is 17.1. The van der Waals surface area contributed by atoms with Crippen LogP contribution in [0.15, 0.2) is 46.9 Å². The lowest BCUT2D eigenvalue weighted by Gasteiger charge is -2.07. The average molecular weight is 380 g/mol. The molecule has 0 atom stereocenters. The van der Waals surface area contributed by atoms with Gasteiger partial charge in [-0.15, -0.1) is 0 Å². The summed E-state index contributed by atoms with van der Waals surface area (Å²) in [6.07, 6.45) is 0.295. The van der Waals surface area contributed by atoms with Crippen molar-refractivity contribution in [2.75, 3.05) is 0 Å². The van der Waals surface area contributed by atoms with Crippen LogP contribution in [0.4, 0.5) is 0 Å². The first kappa shape index (κ1) is 17.5. The number of nitrogens with zero attached hydrogens (tertiary/aromatic N) is 3. The molecule has 136 valence electrons. The third-order valence-corrected chi connectivity index (χ3v) is 5.09. The van der Waals surface area contributed by atoms with E-state index in [1.165, 1.54) is 0 Å². The van der Waals surface area contributed by atoms with Gasteiger partial charge in [-0.1, -0.05) is 29.8 Å². The van der Waals surface area contributed by atoms with Crippen LogP contribution in [0.3, 0.4) is 0 Å². The van der Waals surface area contributed by atoms with Gasteiger partial charge in [0.05, 0.1) is 22.1 Å². The predicted octanol–water partition coefficient (Wildman–Crippen LogP) is 5.02. The smallest absolute Gasteiger partial charge is 0.192 e. The van der Waals surface area contributed by atoms with Crippen molar-refractivity contribution >= 4 is 28.5 Å². The van der Waals surface area contributed by atoms with E-state index >= 15 is 0 Å². The highest BCUT2D eigenvalue weighted by molar-refractivity contribution is 6.31. The molecule has 0 saturated heterocycles. The van der Waals surface area contributed by atoms with Crippen molar-refractivity contribution in [3.63, 3.8) is 0 Å². The Morgan fingerprint density at radius 3 is 2.70 bits per heavy atom. The summed E-state index contributed by atoms with van der Waals surface area (Å²) >= 11 is 6.24. The Labute approximate surface area is 161 Å². The van der Waals surface area contributed by atoms with Crippen molar-refractivity contribution in [1.29, 1.82) is 0 Å². The molecule has 2 aromatic carbocycles. The van der Waals surface area contributed by atoms with Gasteiger partial charge in [0.15, 0.2) is 17.3 Å². The van der Waals surface area contributed by atoms with Crippen LogP contribution >= 0.6 is 11.6 Å². The van der Waals surface area contributed by atoms with E-state index in [9.17, 15) is 4.79 Å². The van der Waals surface area contributed by atoms with Crippen molar-refractivity contribution in [3.05, 3.63) is 75.9 Å². The number of carbonyl (C=O) groups excluding carboxylic acids is 1. The summed E-state index contributed by atoms with van der Waals surface area (Å²) < 4.78 is 7.25. The van der Waals surface area contributed by atoms with Gasteiger partial charge in [-0.3, -0.25) is 4.79 Å². The number of hydrogen-bond donors (Lipinski definition) is 0. The average Bonchev–Trinajstić information content (AvgIpc) is 3.15. The molecule has 0 aliphatic rings. The first-order valence-corrected chi connectivity index (χ1v) is 9.01. The van der Waals surface area contributed by atoms with Gasteiger partial charge in [-0.25, -0.2) is 9.67 Å². The normalized spacial score (nSPS) is 11.3. The maximum atomic E-state index is 12.8. The number of halogens is 1. The van der Waals surface area contributed by atoms with Crippen molar-refractivity contribution in [2.24, 2.45) is 0 Å². The lowest BCUT2D eigenvalue weighted by molar-refractivity contribution is 0.0993. The number of benzene rings is 2. The van der Waals surface area contributed by atoms with Crippen LogP contribution in [0.2, 0.25) is 5.02 Å². The number of fused-ring (bicyclic) bond motifs is 1. The van der Waals surface area contributed by atoms with Crippen LogP contribution in [0.25, 0.3) is 16.8 Å². The van der Waals surface area contributed by atoms with Crippen LogP contribution in [0.1, 0.15) is 33.2 Å². The molecule has 0 aliphatic carbocycles. The fraction of sp³-hybridized carbons (Fsp3) is 0.190. The van der Waals surface area contributed by atoms with Crippen LogP contribution in [0.5, 0.6) is 0 Å². The molecule has 0 aliphatic heterocycles. The zero-order chi connectivity index (χ0) is 19.1. The molecule has 2 aromatic heterocycles. The molecule has 0 saturated carbocycles. The van der Waals surface area contributed by atoms with E-state index in [0.29, 0.717) is 22.9 Å². The van der Waals surface area contributed by atoms with Crippen LogP contribution in [-0.2, 0) is 6.42 Å². The molecule has 0 fully saturated rings. The maximum absolute atomic E-state index is 12.8. The number of aryl methyl sites for hydroxylation is 2. The number of carbonyl (C=O) groups is 1. The molecule has 0 N–H and O–H groups in total. The van der Waals surface area contributed by atoms with Gasteiger partial charge in [0, 0.05) is 18.9 Å². The van der Waals surface area contributed by atoms with E-state index < -0.39 is 0 Å². The summed E-state index contributed by atoms with van der Waals surface area (Å²) in [5, 5.41) is 5.10. The Hall–Kier alpha value is -2.92. The van der Waals surface area contributed by atoms with E-state index in [2.05, 4.69) is 10.1 Å². The van der Waals surface area contributed by atoms with E-state index in [1.54, 1.807) is 4.68 Å². The minimum Gasteiger partial charge on any atom is -0.441 e. The molecule has 0 unspecified atom stereocenters. The zero-order valence-electron chi connectivity index (χ0n) is 15.3. The Balaban J connectivity index is 1.62. The number of hydrogen-bond acceptors (Lipinski definition) is 4. The maximum Gasteiger partial charge on any atom is 0.192 e. The zero-order valence-corrected chi connectivity index (χ0v) is 16.0. The highest BCUT2D eigenvalue weighted by Gasteiger charge is 2.14. The topological polar surface area (TPSA) is 60.9 Å². The van der Waals surface area contributed by atoms with E-state index in [-0.39, 0.29) is 5.78 Å². The highest BCUT2D eigenvalue weighted by atomic mass is 35.5. The molecule has 0 bridgehead atoms. The second kappa shape index (κ2) is 6.67. The van der Waals surface area contributed by atoms with E-state index in [4.69, 9.17) is 16.0 Å².